The van der Waals surface area contributed by atoms with Crippen molar-refractivity contribution < 1.29 is 9.53 Å². The van der Waals surface area contributed by atoms with Crippen LogP contribution >= 0.6 is 0 Å². The van der Waals surface area contributed by atoms with Gasteiger partial charge in [0.15, 0.2) is 0 Å². The molecule has 0 radical (unpaired) electrons. The first-order valence-electron chi connectivity index (χ1n) is 8.85. The zero-order valence-electron chi connectivity index (χ0n) is 14.5. The van der Waals surface area contributed by atoms with E-state index in [9.17, 15) is 4.79 Å². The van der Waals surface area contributed by atoms with Gasteiger partial charge >= 0.3 is 0 Å². The molecule has 2 aliphatic heterocycles. The molecule has 6 heteroatoms. The summed E-state index contributed by atoms with van der Waals surface area (Å²) in [7, 11) is 1.88. The molecule has 0 aliphatic carbocycles. The summed E-state index contributed by atoms with van der Waals surface area (Å²) in [5, 5.41) is 3.00. The number of hydrogen-bond acceptors (Lipinski definition) is 4. The van der Waals surface area contributed by atoms with Crippen molar-refractivity contribution in [1.82, 2.24) is 19.8 Å². The van der Waals surface area contributed by atoms with Crippen molar-refractivity contribution in [2.75, 3.05) is 19.6 Å². The minimum Gasteiger partial charge on any atom is -0.371 e. The van der Waals surface area contributed by atoms with Crippen molar-refractivity contribution in [1.29, 1.82) is 0 Å². The van der Waals surface area contributed by atoms with Gasteiger partial charge in [0.2, 0.25) is 0 Å². The summed E-state index contributed by atoms with van der Waals surface area (Å²) in [6.45, 7) is 3.57. The molecule has 4 rings (SSSR count). The molecule has 2 aromatic rings. The van der Waals surface area contributed by atoms with Gasteiger partial charge in [0.1, 0.15) is 5.69 Å². The van der Waals surface area contributed by atoms with E-state index in [1.807, 2.05) is 42.3 Å². The van der Waals surface area contributed by atoms with Crippen LogP contribution in [0.1, 0.15) is 22.5 Å². The number of carbonyl (C=O) groups is 1. The molecule has 6 nitrogen and oxygen atoms in total. The zero-order valence-corrected chi connectivity index (χ0v) is 14.5. The van der Waals surface area contributed by atoms with Crippen molar-refractivity contribution in [2.24, 2.45) is 13.0 Å². The fourth-order valence-corrected chi connectivity index (χ4v) is 3.95. The average Bonchev–Trinajstić information content (AvgIpc) is 3.28. The Morgan fingerprint density at radius 1 is 1.32 bits per heavy atom. The van der Waals surface area contributed by atoms with Crippen molar-refractivity contribution in [2.45, 2.75) is 25.2 Å². The summed E-state index contributed by atoms with van der Waals surface area (Å²) in [5.74, 6) is 0.534. The van der Waals surface area contributed by atoms with E-state index >= 15 is 0 Å². The lowest BCUT2D eigenvalue weighted by Gasteiger charge is -2.19. The molecule has 0 saturated carbocycles. The Kier molecular flexibility index (Phi) is 4.55. The molecular formula is C19H24N4O2. The number of pyridine rings is 1. The van der Waals surface area contributed by atoms with Crippen LogP contribution in [0.4, 0.5) is 0 Å². The highest BCUT2D eigenvalue weighted by Crippen LogP contribution is 2.33. The van der Waals surface area contributed by atoms with Crippen LogP contribution < -0.4 is 5.32 Å². The van der Waals surface area contributed by atoms with Crippen LogP contribution in [0.25, 0.3) is 0 Å². The molecule has 0 unspecified atom stereocenters. The first-order valence-corrected chi connectivity index (χ1v) is 8.85. The second kappa shape index (κ2) is 6.98. The lowest BCUT2D eigenvalue weighted by atomic mass is 10.0. The Bertz CT molecular complexity index is 716. The van der Waals surface area contributed by atoms with Crippen LogP contribution in [0, 0.1) is 5.92 Å². The SMILES string of the molecule is Cn1cccc1C(=O)NC[C@@H]1C[C@H]2CN(Cc3ccncc3)C[C@H]2O1. The molecule has 1 N–H and O–H groups in total. The van der Waals surface area contributed by atoms with Crippen molar-refractivity contribution in [3.05, 3.63) is 54.1 Å². The highest BCUT2D eigenvalue weighted by atomic mass is 16.5. The largest absolute Gasteiger partial charge is 0.371 e. The minimum atomic E-state index is -0.0347. The Labute approximate surface area is 147 Å². The maximum atomic E-state index is 12.2. The summed E-state index contributed by atoms with van der Waals surface area (Å²) < 4.78 is 8.01. The first-order chi connectivity index (χ1) is 12.2. The summed E-state index contributed by atoms with van der Waals surface area (Å²) in [6, 6.07) is 7.84. The third-order valence-electron chi connectivity index (χ3n) is 5.21. The minimum absolute atomic E-state index is 0.0347. The van der Waals surface area contributed by atoms with Gasteiger partial charge in [-0.05, 0) is 36.2 Å². The van der Waals surface area contributed by atoms with Gasteiger partial charge in [-0.2, -0.15) is 0 Å². The van der Waals surface area contributed by atoms with Gasteiger partial charge in [-0.25, -0.2) is 0 Å². The number of carbonyl (C=O) groups excluding carboxylic acids is 1. The highest BCUT2D eigenvalue weighted by Gasteiger charge is 2.41. The number of nitrogens with one attached hydrogen (secondary N) is 1. The average molecular weight is 340 g/mol. The summed E-state index contributed by atoms with van der Waals surface area (Å²) in [6.07, 6.45) is 7.00. The number of aryl methyl sites for hydroxylation is 1. The number of fused-ring (bicyclic) bond motifs is 1. The summed E-state index contributed by atoms with van der Waals surface area (Å²) in [4.78, 5) is 18.7. The summed E-state index contributed by atoms with van der Waals surface area (Å²) in [5.41, 5.74) is 1.98. The van der Waals surface area contributed by atoms with Gasteiger partial charge in [-0.15, -0.1) is 0 Å². The van der Waals surface area contributed by atoms with Crippen molar-refractivity contribution >= 4 is 5.91 Å². The third-order valence-corrected chi connectivity index (χ3v) is 5.21. The van der Waals surface area contributed by atoms with E-state index in [0.29, 0.717) is 24.3 Å². The Balaban J connectivity index is 1.24. The highest BCUT2D eigenvalue weighted by molar-refractivity contribution is 5.92. The van der Waals surface area contributed by atoms with E-state index in [-0.39, 0.29) is 12.0 Å². The second-order valence-electron chi connectivity index (χ2n) is 7.06. The third kappa shape index (κ3) is 3.60. The van der Waals surface area contributed by atoms with Crippen molar-refractivity contribution in [3.63, 3.8) is 0 Å². The molecule has 0 bridgehead atoms. The van der Waals surface area contributed by atoms with Gasteiger partial charge in [0, 0.05) is 57.7 Å². The van der Waals surface area contributed by atoms with Gasteiger partial charge in [0.05, 0.1) is 12.2 Å². The lowest BCUT2D eigenvalue weighted by molar-refractivity contribution is 0.0371. The molecule has 2 saturated heterocycles. The van der Waals surface area contributed by atoms with E-state index in [0.717, 1.165) is 26.1 Å². The van der Waals surface area contributed by atoms with Gasteiger partial charge in [0.25, 0.3) is 5.91 Å². The second-order valence-corrected chi connectivity index (χ2v) is 7.06. The van der Waals surface area contributed by atoms with Crippen LogP contribution in [0.15, 0.2) is 42.9 Å². The monoisotopic (exact) mass is 340 g/mol. The molecular weight excluding hydrogens is 316 g/mol. The smallest absolute Gasteiger partial charge is 0.267 e. The Hall–Kier alpha value is -2.18. The molecule has 2 aromatic heterocycles. The van der Waals surface area contributed by atoms with Crippen LogP contribution in [0.3, 0.4) is 0 Å². The first kappa shape index (κ1) is 16.3. The van der Waals surface area contributed by atoms with Crippen LogP contribution in [-0.2, 0) is 18.3 Å². The molecule has 4 heterocycles. The number of nitrogens with zero attached hydrogens (tertiary/aromatic N) is 3. The number of likely N-dealkylation sites (tertiary alicyclic amines) is 1. The fourth-order valence-electron chi connectivity index (χ4n) is 3.95. The number of ether oxygens (including phenoxy) is 1. The number of amides is 1. The van der Waals surface area contributed by atoms with E-state index in [2.05, 4.69) is 27.3 Å². The van der Waals surface area contributed by atoms with Gasteiger partial charge in [-0.1, -0.05) is 0 Å². The van der Waals surface area contributed by atoms with Gasteiger partial charge in [-0.3, -0.25) is 14.7 Å². The van der Waals surface area contributed by atoms with E-state index in [4.69, 9.17) is 4.74 Å². The van der Waals surface area contributed by atoms with Crippen LogP contribution in [0.5, 0.6) is 0 Å². The molecule has 0 aromatic carbocycles. The number of rotatable bonds is 5. The number of aromatic nitrogens is 2. The Morgan fingerprint density at radius 3 is 2.88 bits per heavy atom. The lowest BCUT2D eigenvalue weighted by Crippen LogP contribution is -2.34. The van der Waals surface area contributed by atoms with Crippen molar-refractivity contribution in [3.8, 4) is 0 Å². The molecule has 2 aliphatic rings. The topological polar surface area (TPSA) is 59.4 Å². The fraction of sp³-hybridized carbons (Fsp3) is 0.474. The molecule has 25 heavy (non-hydrogen) atoms. The standard InChI is InChI=1S/C19H24N4O2/c1-22-8-2-3-17(22)19(24)21-10-16-9-15-12-23(13-18(15)25-16)11-14-4-6-20-7-5-14/h2-8,15-16,18H,9-13H2,1H3,(H,21,24)/t15-,16-,18+/m0/s1. The van der Waals surface area contributed by atoms with E-state index < -0.39 is 0 Å². The maximum Gasteiger partial charge on any atom is 0.267 e. The predicted octanol–water partition coefficient (Wildman–Crippen LogP) is 1.44. The van der Waals surface area contributed by atoms with Crippen LogP contribution in [-0.4, -0.2) is 52.2 Å². The maximum absolute atomic E-state index is 12.2. The quantitative estimate of drug-likeness (QED) is 0.895. The summed E-state index contributed by atoms with van der Waals surface area (Å²) >= 11 is 0. The predicted molar refractivity (Wildman–Crippen MR) is 94.0 cm³/mol. The molecule has 1 amide bonds. The molecule has 3 atom stereocenters. The molecule has 132 valence electrons. The molecule has 0 spiro atoms. The normalized spacial score (nSPS) is 25.9. The Morgan fingerprint density at radius 2 is 2.16 bits per heavy atom. The van der Waals surface area contributed by atoms with E-state index in [1.165, 1.54) is 5.56 Å². The number of hydrogen-bond donors (Lipinski definition) is 1. The van der Waals surface area contributed by atoms with E-state index in [1.54, 1.807) is 0 Å². The van der Waals surface area contributed by atoms with Gasteiger partial charge < -0.3 is 14.6 Å². The zero-order chi connectivity index (χ0) is 17.2. The van der Waals surface area contributed by atoms with Crippen LogP contribution in [0.2, 0.25) is 0 Å². The molecule has 2 fully saturated rings.